The van der Waals surface area contributed by atoms with Crippen LogP contribution in [0.4, 0.5) is 5.69 Å². The third-order valence-electron chi connectivity index (χ3n) is 6.90. The highest BCUT2D eigenvalue weighted by atomic mass is 16.2. The largest absolute Gasteiger partial charge is 0.351 e. The first-order chi connectivity index (χ1) is 16.3. The zero-order valence-electron chi connectivity index (χ0n) is 20.6. The molecule has 1 aromatic heterocycles. The van der Waals surface area contributed by atoms with E-state index in [0.717, 1.165) is 50.5 Å². The van der Waals surface area contributed by atoms with E-state index in [0.29, 0.717) is 11.3 Å². The van der Waals surface area contributed by atoms with Gasteiger partial charge in [0.1, 0.15) is 12.4 Å². The van der Waals surface area contributed by atoms with Crippen LogP contribution in [0.15, 0.2) is 54.6 Å². The average molecular weight is 461 g/mol. The fourth-order valence-corrected chi connectivity index (χ4v) is 4.92. The van der Waals surface area contributed by atoms with Crippen LogP contribution in [0.25, 0.3) is 0 Å². The summed E-state index contributed by atoms with van der Waals surface area (Å²) in [6, 6.07) is 7.32. The van der Waals surface area contributed by atoms with Crippen LogP contribution >= 0.6 is 0 Å². The van der Waals surface area contributed by atoms with Gasteiger partial charge in [-0.15, -0.1) is 0 Å². The number of nitrogens with one attached hydrogen (secondary N) is 1. The normalized spacial score (nSPS) is 17.7. The Morgan fingerprint density at radius 3 is 2.26 bits per heavy atom. The molecule has 1 heterocycles. The number of hydrogen-bond donors (Lipinski definition) is 1. The number of hydrogen-bond acceptors (Lipinski definition) is 4. The van der Waals surface area contributed by atoms with Crippen molar-refractivity contribution in [2.45, 2.75) is 89.6 Å². The van der Waals surface area contributed by atoms with E-state index in [9.17, 15) is 9.59 Å². The first kappa shape index (κ1) is 24.1. The highest BCUT2D eigenvalue weighted by Gasteiger charge is 2.36. The Balaban J connectivity index is 1.75. The summed E-state index contributed by atoms with van der Waals surface area (Å²) >= 11 is 0. The Morgan fingerprint density at radius 1 is 1.00 bits per heavy atom. The Labute approximate surface area is 202 Å². The maximum Gasteiger partial charge on any atom is 0.254 e. The second kappa shape index (κ2) is 10.5. The van der Waals surface area contributed by atoms with Crippen LogP contribution in [0, 0.1) is 0 Å². The van der Waals surface area contributed by atoms with Crippen molar-refractivity contribution >= 4 is 17.5 Å². The number of rotatable bonds is 6. The molecule has 0 radical (unpaired) electrons. The molecule has 6 heteroatoms. The summed E-state index contributed by atoms with van der Waals surface area (Å²) in [4.78, 5) is 37.7. The van der Waals surface area contributed by atoms with Gasteiger partial charge in [0.05, 0.1) is 0 Å². The quantitative estimate of drug-likeness (QED) is 0.626. The Morgan fingerprint density at radius 2 is 1.68 bits per heavy atom. The lowest BCUT2D eigenvalue weighted by atomic mass is 9.87. The van der Waals surface area contributed by atoms with Crippen molar-refractivity contribution < 1.29 is 9.59 Å². The number of allylic oxidation sites excluding steroid dienone is 1. The average Bonchev–Trinajstić information content (AvgIpc) is 3.38. The molecule has 6 nitrogen and oxygen atoms in total. The zero-order valence-corrected chi connectivity index (χ0v) is 20.6. The highest BCUT2D eigenvalue weighted by molar-refractivity contribution is 6.10. The topological polar surface area (TPSA) is 75.2 Å². The number of carbonyl (C=O) groups is 2. The van der Waals surface area contributed by atoms with Gasteiger partial charge in [-0.05, 0) is 55.2 Å². The molecular weight excluding hydrogens is 424 g/mol. The predicted molar refractivity (Wildman–Crippen MR) is 134 cm³/mol. The van der Waals surface area contributed by atoms with Gasteiger partial charge < -0.3 is 5.32 Å². The van der Waals surface area contributed by atoms with Crippen LogP contribution in [0.5, 0.6) is 0 Å². The van der Waals surface area contributed by atoms with Gasteiger partial charge >= 0.3 is 0 Å². The van der Waals surface area contributed by atoms with Gasteiger partial charge in [0.2, 0.25) is 5.91 Å². The minimum atomic E-state index is -0.836. The van der Waals surface area contributed by atoms with E-state index < -0.39 is 6.04 Å². The van der Waals surface area contributed by atoms with Crippen LogP contribution in [0.3, 0.4) is 0 Å². The number of benzene rings is 1. The fraction of sp³-hybridized carbons (Fsp3) is 0.500. The van der Waals surface area contributed by atoms with Crippen LogP contribution in [0.1, 0.15) is 89.3 Å². The number of anilines is 1. The molecule has 180 valence electrons. The molecule has 1 aromatic carbocycles. The first-order valence-electron chi connectivity index (χ1n) is 12.5. The van der Waals surface area contributed by atoms with Gasteiger partial charge in [-0.2, -0.15) is 0 Å². The highest BCUT2D eigenvalue weighted by Crippen LogP contribution is 2.33. The minimum Gasteiger partial charge on any atom is -0.351 e. The zero-order chi connectivity index (χ0) is 24.1. The summed E-state index contributed by atoms with van der Waals surface area (Å²) < 4.78 is 0. The van der Waals surface area contributed by atoms with E-state index in [4.69, 9.17) is 0 Å². The molecule has 1 saturated carbocycles. The first-order valence-corrected chi connectivity index (χ1v) is 12.5. The Hall–Kier alpha value is -3.02. The fourth-order valence-electron chi connectivity index (χ4n) is 4.92. The van der Waals surface area contributed by atoms with Gasteiger partial charge in [0, 0.05) is 35.3 Å². The maximum atomic E-state index is 13.9. The molecule has 2 amide bonds. The molecule has 0 aliphatic heterocycles. The monoisotopic (exact) mass is 460 g/mol. The lowest BCUT2D eigenvalue weighted by molar-refractivity contribution is -0.126. The summed E-state index contributed by atoms with van der Waals surface area (Å²) in [5.74, 6) is -0.290. The molecule has 0 spiro atoms. The molecule has 1 atom stereocenters. The van der Waals surface area contributed by atoms with Crippen molar-refractivity contribution in [3.8, 4) is 0 Å². The molecule has 0 bridgehead atoms. The summed E-state index contributed by atoms with van der Waals surface area (Å²) in [5, 5.41) is 3.24. The van der Waals surface area contributed by atoms with Crippen molar-refractivity contribution in [1.29, 1.82) is 0 Å². The van der Waals surface area contributed by atoms with E-state index in [1.807, 2.05) is 18.2 Å². The molecule has 0 saturated heterocycles. The van der Waals surface area contributed by atoms with Crippen molar-refractivity contribution in [1.82, 2.24) is 15.3 Å². The van der Waals surface area contributed by atoms with E-state index in [-0.39, 0.29) is 23.3 Å². The summed E-state index contributed by atoms with van der Waals surface area (Å²) in [6.45, 7) is 6.49. The number of carbonyl (C=O) groups excluding carboxylic acids is 2. The van der Waals surface area contributed by atoms with E-state index in [2.05, 4.69) is 48.2 Å². The molecule has 2 aromatic rings. The third kappa shape index (κ3) is 5.54. The molecule has 2 aliphatic rings. The summed E-state index contributed by atoms with van der Waals surface area (Å²) in [5.41, 5.74) is 3.26. The van der Waals surface area contributed by atoms with Gasteiger partial charge in [-0.3, -0.25) is 14.5 Å². The van der Waals surface area contributed by atoms with Crippen LogP contribution in [-0.2, 0) is 15.0 Å². The molecule has 34 heavy (non-hydrogen) atoms. The van der Waals surface area contributed by atoms with Crippen LogP contribution < -0.4 is 10.2 Å². The van der Waals surface area contributed by atoms with E-state index in [1.54, 1.807) is 17.3 Å². The van der Waals surface area contributed by atoms with Gasteiger partial charge in [0.15, 0.2) is 0 Å². The van der Waals surface area contributed by atoms with Crippen molar-refractivity contribution in [2.75, 3.05) is 4.90 Å². The van der Waals surface area contributed by atoms with Gasteiger partial charge in [-0.25, -0.2) is 9.97 Å². The number of aromatic nitrogens is 2. The molecule has 4 rings (SSSR count). The molecule has 1 unspecified atom stereocenters. The van der Waals surface area contributed by atoms with E-state index in [1.165, 1.54) is 18.3 Å². The Kier molecular flexibility index (Phi) is 7.44. The molecule has 1 fully saturated rings. The molecular formula is C28H36N4O2. The second-order valence-corrected chi connectivity index (χ2v) is 10.5. The van der Waals surface area contributed by atoms with Crippen molar-refractivity contribution in [3.63, 3.8) is 0 Å². The molecule has 1 N–H and O–H groups in total. The number of nitrogens with zero attached hydrogens (tertiary/aromatic N) is 3. The van der Waals surface area contributed by atoms with Crippen LogP contribution in [0.2, 0.25) is 0 Å². The molecule has 2 aliphatic carbocycles. The smallest absolute Gasteiger partial charge is 0.254 e. The van der Waals surface area contributed by atoms with E-state index >= 15 is 0 Å². The maximum absolute atomic E-state index is 13.9. The van der Waals surface area contributed by atoms with Gasteiger partial charge in [-0.1, -0.05) is 58.2 Å². The SMILES string of the molecule is CC(C)(C)c1ccc(N(C(=O)C2=CCCC2)C(C(=O)NC2CCCCC2)c2cncnc2)cc1. The lowest BCUT2D eigenvalue weighted by Crippen LogP contribution is -2.47. The second-order valence-electron chi connectivity index (χ2n) is 10.5. The minimum absolute atomic E-state index is 0.00756. The predicted octanol–water partition coefficient (Wildman–Crippen LogP) is 5.41. The van der Waals surface area contributed by atoms with Crippen LogP contribution in [-0.4, -0.2) is 27.8 Å². The lowest BCUT2D eigenvalue weighted by Gasteiger charge is -2.34. The van der Waals surface area contributed by atoms with Crippen molar-refractivity contribution in [3.05, 3.63) is 65.8 Å². The van der Waals surface area contributed by atoms with Crippen molar-refractivity contribution in [2.24, 2.45) is 0 Å². The van der Waals surface area contributed by atoms with Gasteiger partial charge in [0.25, 0.3) is 5.91 Å². The Bertz CT molecular complexity index is 1020. The standard InChI is InChI=1S/C28H36N4O2/c1-28(2,3)22-13-15-24(16-14-22)32(27(34)20-9-7-8-10-20)25(21-17-29-19-30-18-21)26(33)31-23-11-5-4-6-12-23/h9,13-19,23,25H,4-8,10-12H2,1-3H3,(H,31,33). The third-order valence-corrected chi connectivity index (χ3v) is 6.90. The summed E-state index contributed by atoms with van der Waals surface area (Å²) in [6.07, 6.45) is 14.7. The summed E-state index contributed by atoms with van der Waals surface area (Å²) in [7, 11) is 0. The number of amides is 2.